The van der Waals surface area contributed by atoms with E-state index < -0.39 is 0 Å². The molecular weight excluding hydrogens is 304 g/mol. The number of benzene rings is 1. The van der Waals surface area contributed by atoms with Gasteiger partial charge in [0.05, 0.1) is 19.3 Å². The van der Waals surface area contributed by atoms with Gasteiger partial charge in [-0.15, -0.1) is 0 Å². The Hall–Kier alpha value is -2.02. The van der Waals surface area contributed by atoms with E-state index in [1.165, 1.54) is 0 Å². The van der Waals surface area contributed by atoms with Gasteiger partial charge in [0.25, 0.3) is 0 Å². The Balaban J connectivity index is 1.75. The van der Waals surface area contributed by atoms with Crippen molar-refractivity contribution in [1.29, 1.82) is 0 Å². The molecule has 0 saturated carbocycles. The third kappa shape index (κ3) is 3.72. The van der Waals surface area contributed by atoms with E-state index in [2.05, 4.69) is 14.8 Å². The molecule has 24 heavy (non-hydrogen) atoms. The standard InChI is InChI=1S/C18H24N4O2/c1-14-11-17(20-18(19-14)15-5-3-2-4-6-15)22-9-7-21(8-10-22)16(12-23)13-24/h2-6,11,16,23-24H,7-10,12-13H2,1H3. The van der Waals surface area contributed by atoms with Gasteiger partial charge in [0, 0.05) is 43.5 Å². The molecule has 128 valence electrons. The smallest absolute Gasteiger partial charge is 0.161 e. The molecular formula is C18H24N4O2. The summed E-state index contributed by atoms with van der Waals surface area (Å²) in [5, 5.41) is 18.6. The van der Waals surface area contributed by atoms with Crippen LogP contribution in [0.25, 0.3) is 11.4 Å². The van der Waals surface area contributed by atoms with Crippen LogP contribution in [0.1, 0.15) is 5.69 Å². The van der Waals surface area contributed by atoms with E-state index in [0.29, 0.717) is 0 Å². The lowest BCUT2D eigenvalue weighted by Crippen LogP contribution is -2.52. The van der Waals surface area contributed by atoms with Gasteiger partial charge in [0.1, 0.15) is 5.82 Å². The molecule has 0 bridgehead atoms. The van der Waals surface area contributed by atoms with Crippen LogP contribution in [0.4, 0.5) is 5.82 Å². The van der Waals surface area contributed by atoms with Crippen molar-refractivity contribution in [3.8, 4) is 11.4 Å². The van der Waals surface area contributed by atoms with Gasteiger partial charge in [-0.25, -0.2) is 9.97 Å². The molecule has 2 heterocycles. The lowest BCUT2D eigenvalue weighted by molar-refractivity contribution is 0.0699. The molecule has 0 atom stereocenters. The molecule has 1 fully saturated rings. The predicted molar refractivity (Wildman–Crippen MR) is 94.0 cm³/mol. The Bertz CT molecular complexity index is 653. The molecule has 0 radical (unpaired) electrons. The number of aryl methyl sites for hydroxylation is 1. The van der Waals surface area contributed by atoms with Crippen molar-refractivity contribution in [2.75, 3.05) is 44.3 Å². The normalized spacial score (nSPS) is 15.9. The summed E-state index contributed by atoms with van der Waals surface area (Å²) in [5.74, 6) is 1.68. The predicted octanol–water partition coefficient (Wildman–Crippen LogP) is 0.927. The number of aliphatic hydroxyl groups excluding tert-OH is 2. The van der Waals surface area contributed by atoms with Gasteiger partial charge in [-0.05, 0) is 6.92 Å². The van der Waals surface area contributed by atoms with Crippen molar-refractivity contribution in [2.24, 2.45) is 0 Å². The molecule has 1 aromatic carbocycles. The van der Waals surface area contributed by atoms with E-state index in [4.69, 9.17) is 4.98 Å². The summed E-state index contributed by atoms with van der Waals surface area (Å²) in [4.78, 5) is 13.7. The molecule has 0 aliphatic carbocycles. The highest BCUT2D eigenvalue weighted by atomic mass is 16.3. The molecule has 0 unspecified atom stereocenters. The first-order valence-electron chi connectivity index (χ1n) is 8.33. The largest absolute Gasteiger partial charge is 0.395 e. The lowest BCUT2D eigenvalue weighted by Gasteiger charge is -2.38. The van der Waals surface area contributed by atoms with Gasteiger partial charge in [-0.3, -0.25) is 4.90 Å². The van der Waals surface area contributed by atoms with Crippen molar-refractivity contribution >= 4 is 5.82 Å². The van der Waals surface area contributed by atoms with Gasteiger partial charge in [0.2, 0.25) is 0 Å². The second kappa shape index (κ2) is 7.70. The summed E-state index contributed by atoms with van der Waals surface area (Å²) in [6.45, 7) is 5.21. The molecule has 2 N–H and O–H groups in total. The van der Waals surface area contributed by atoms with Gasteiger partial charge in [-0.1, -0.05) is 30.3 Å². The minimum absolute atomic E-state index is 0.0126. The second-order valence-corrected chi connectivity index (χ2v) is 6.10. The topological polar surface area (TPSA) is 72.7 Å². The summed E-state index contributed by atoms with van der Waals surface area (Å²) < 4.78 is 0. The zero-order valence-corrected chi connectivity index (χ0v) is 14.0. The minimum Gasteiger partial charge on any atom is -0.395 e. The summed E-state index contributed by atoms with van der Waals surface area (Å²) in [6, 6.07) is 11.8. The van der Waals surface area contributed by atoms with Crippen molar-refractivity contribution in [3.05, 3.63) is 42.1 Å². The highest BCUT2D eigenvalue weighted by molar-refractivity contribution is 5.57. The molecule has 1 aliphatic rings. The monoisotopic (exact) mass is 328 g/mol. The van der Waals surface area contributed by atoms with Crippen molar-refractivity contribution in [3.63, 3.8) is 0 Å². The van der Waals surface area contributed by atoms with Crippen LogP contribution in [0.2, 0.25) is 0 Å². The summed E-state index contributed by atoms with van der Waals surface area (Å²) in [7, 11) is 0. The minimum atomic E-state index is -0.167. The Labute approximate surface area is 142 Å². The van der Waals surface area contributed by atoms with Crippen LogP contribution in [0, 0.1) is 6.92 Å². The molecule has 3 rings (SSSR count). The zero-order valence-electron chi connectivity index (χ0n) is 14.0. The van der Waals surface area contributed by atoms with Gasteiger partial charge in [-0.2, -0.15) is 0 Å². The Kier molecular flexibility index (Phi) is 5.40. The molecule has 0 amide bonds. The highest BCUT2D eigenvalue weighted by Gasteiger charge is 2.24. The summed E-state index contributed by atoms with van der Waals surface area (Å²) >= 11 is 0. The van der Waals surface area contributed by atoms with Crippen LogP contribution < -0.4 is 4.90 Å². The van der Waals surface area contributed by atoms with E-state index in [-0.39, 0.29) is 19.3 Å². The lowest BCUT2D eigenvalue weighted by atomic mass is 10.2. The average molecular weight is 328 g/mol. The van der Waals surface area contributed by atoms with Crippen LogP contribution in [0.5, 0.6) is 0 Å². The number of aromatic nitrogens is 2. The number of nitrogens with zero attached hydrogens (tertiary/aromatic N) is 4. The molecule has 1 aromatic heterocycles. The first kappa shape index (κ1) is 16.8. The third-order valence-corrected chi connectivity index (χ3v) is 4.45. The number of rotatable bonds is 5. The van der Waals surface area contributed by atoms with Crippen LogP contribution in [-0.4, -0.2) is 70.5 Å². The van der Waals surface area contributed by atoms with E-state index in [9.17, 15) is 10.2 Å². The summed E-state index contributed by atoms with van der Waals surface area (Å²) in [6.07, 6.45) is 0. The van der Waals surface area contributed by atoms with Crippen molar-refractivity contribution < 1.29 is 10.2 Å². The average Bonchev–Trinajstić information content (AvgIpc) is 2.63. The van der Waals surface area contributed by atoms with Crippen LogP contribution in [0.15, 0.2) is 36.4 Å². The fourth-order valence-electron chi connectivity index (χ4n) is 3.04. The molecule has 1 saturated heterocycles. The number of piperazine rings is 1. The summed E-state index contributed by atoms with van der Waals surface area (Å²) in [5.41, 5.74) is 1.96. The van der Waals surface area contributed by atoms with E-state index in [0.717, 1.165) is 49.1 Å². The SMILES string of the molecule is Cc1cc(N2CCN(C(CO)CO)CC2)nc(-c2ccccc2)n1. The molecule has 6 heteroatoms. The number of anilines is 1. The van der Waals surface area contributed by atoms with Gasteiger partial charge >= 0.3 is 0 Å². The van der Waals surface area contributed by atoms with Crippen LogP contribution >= 0.6 is 0 Å². The quantitative estimate of drug-likeness (QED) is 0.851. The van der Waals surface area contributed by atoms with Crippen LogP contribution in [0.3, 0.4) is 0 Å². The molecule has 1 aliphatic heterocycles. The van der Waals surface area contributed by atoms with Crippen molar-refractivity contribution in [2.45, 2.75) is 13.0 Å². The number of hydrogen-bond donors (Lipinski definition) is 2. The maximum absolute atomic E-state index is 9.32. The van der Waals surface area contributed by atoms with E-state index in [1.54, 1.807) is 0 Å². The fourth-order valence-corrected chi connectivity index (χ4v) is 3.04. The maximum atomic E-state index is 9.32. The first-order valence-corrected chi connectivity index (χ1v) is 8.33. The number of hydrogen-bond acceptors (Lipinski definition) is 6. The van der Waals surface area contributed by atoms with Crippen LogP contribution in [-0.2, 0) is 0 Å². The highest BCUT2D eigenvalue weighted by Crippen LogP contribution is 2.21. The Morgan fingerprint density at radius 2 is 1.67 bits per heavy atom. The van der Waals surface area contributed by atoms with Gasteiger partial charge in [0.15, 0.2) is 5.82 Å². The Morgan fingerprint density at radius 1 is 1.00 bits per heavy atom. The van der Waals surface area contributed by atoms with Gasteiger partial charge < -0.3 is 15.1 Å². The molecule has 0 spiro atoms. The first-order chi connectivity index (χ1) is 11.7. The fraction of sp³-hybridized carbons (Fsp3) is 0.444. The van der Waals surface area contributed by atoms with Crippen molar-refractivity contribution in [1.82, 2.24) is 14.9 Å². The molecule has 6 nitrogen and oxygen atoms in total. The maximum Gasteiger partial charge on any atom is 0.161 e. The third-order valence-electron chi connectivity index (χ3n) is 4.45. The van der Waals surface area contributed by atoms with E-state index >= 15 is 0 Å². The molecule has 2 aromatic rings. The Morgan fingerprint density at radius 3 is 2.29 bits per heavy atom. The van der Waals surface area contributed by atoms with E-state index in [1.807, 2.05) is 43.3 Å². The number of aliphatic hydroxyl groups is 2. The zero-order chi connectivity index (χ0) is 16.9. The second-order valence-electron chi connectivity index (χ2n) is 6.10.